The standard InChI is InChI=1S/C21H20IN3O2S.ClH/c1-27-17-7-6-15-11-25(9-8-14(15)10-17)12-16-13-28-21(23-16)24-20(26)18-4-2-3-5-19(18)22;/h2-7,10,13H,8-9,11-12H2,1H3,(H,23,24,26);1H. The van der Waals surface area contributed by atoms with Gasteiger partial charge in [0.25, 0.3) is 5.91 Å². The van der Waals surface area contributed by atoms with Gasteiger partial charge in [-0.15, -0.1) is 23.7 Å². The van der Waals surface area contributed by atoms with Crippen LogP contribution in [-0.4, -0.2) is 29.4 Å². The van der Waals surface area contributed by atoms with Crippen LogP contribution in [0.2, 0.25) is 0 Å². The number of anilines is 1. The summed E-state index contributed by atoms with van der Waals surface area (Å²) < 4.78 is 6.25. The third-order valence-electron chi connectivity index (χ3n) is 4.78. The number of hydrogen-bond acceptors (Lipinski definition) is 5. The van der Waals surface area contributed by atoms with Crippen LogP contribution in [0, 0.1) is 3.57 Å². The van der Waals surface area contributed by atoms with Crippen molar-refractivity contribution >= 4 is 57.4 Å². The molecule has 4 rings (SSSR count). The molecule has 0 saturated heterocycles. The number of carbonyl (C=O) groups is 1. The van der Waals surface area contributed by atoms with Crippen LogP contribution in [0.1, 0.15) is 27.2 Å². The number of benzene rings is 2. The SMILES string of the molecule is COc1ccc2c(c1)CCN(Cc1csc(NC(=O)c3ccccc3I)n1)C2.Cl. The lowest BCUT2D eigenvalue weighted by molar-refractivity contribution is 0.102. The van der Waals surface area contributed by atoms with Crippen molar-refractivity contribution in [3.8, 4) is 5.75 Å². The maximum Gasteiger partial charge on any atom is 0.258 e. The van der Waals surface area contributed by atoms with E-state index in [1.807, 2.05) is 35.7 Å². The Bertz CT molecular complexity index is 1010. The summed E-state index contributed by atoms with van der Waals surface area (Å²) in [5.41, 5.74) is 4.36. The summed E-state index contributed by atoms with van der Waals surface area (Å²) in [7, 11) is 1.70. The lowest BCUT2D eigenvalue weighted by atomic mass is 9.99. The molecule has 0 fully saturated rings. The van der Waals surface area contributed by atoms with Crippen molar-refractivity contribution in [1.29, 1.82) is 0 Å². The van der Waals surface area contributed by atoms with E-state index < -0.39 is 0 Å². The average molecular weight is 542 g/mol. The molecule has 0 radical (unpaired) electrons. The van der Waals surface area contributed by atoms with Gasteiger partial charge in [-0.25, -0.2) is 4.98 Å². The van der Waals surface area contributed by atoms with Gasteiger partial charge in [0.1, 0.15) is 5.75 Å². The Morgan fingerprint density at radius 3 is 2.90 bits per heavy atom. The van der Waals surface area contributed by atoms with Gasteiger partial charge in [0, 0.05) is 28.6 Å². The van der Waals surface area contributed by atoms with Crippen LogP contribution in [0.4, 0.5) is 5.13 Å². The molecule has 1 aliphatic heterocycles. The van der Waals surface area contributed by atoms with Gasteiger partial charge < -0.3 is 4.74 Å². The number of nitrogens with zero attached hydrogens (tertiary/aromatic N) is 2. The Balaban J connectivity index is 0.00000240. The van der Waals surface area contributed by atoms with Gasteiger partial charge in [-0.05, 0) is 64.4 Å². The number of hydrogen-bond donors (Lipinski definition) is 1. The van der Waals surface area contributed by atoms with E-state index in [9.17, 15) is 4.79 Å². The van der Waals surface area contributed by atoms with Gasteiger partial charge in [-0.3, -0.25) is 15.0 Å². The lowest BCUT2D eigenvalue weighted by Gasteiger charge is -2.28. The molecule has 0 bridgehead atoms. The molecule has 8 heteroatoms. The number of carbonyl (C=O) groups excluding carboxylic acids is 1. The second kappa shape index (κ2) is 9.88. The number of fused-ring (bicyclic) bond motifs is 1. The highest BCUT2D eigenvalue weighted by atomic mass is 127. The van der Waals surface area contributed by atoms with E-state index in [2.05, 4.69) is 49.9 Å². The third kappa shape index (κ3) is 5.28. The monoisotopic (exact) mass is 541 g/mol. The number of halogens is 2. The van der Waals surface area contributed by atoms with Gasteiger partial charge in [0.15, 0.2) is 5.13 Å². The number of ether oxygens (including phenoxy) is 1. The van der Waals surface area contributed by atoms with Gasteiger partial charge in [-0.2, -0.15) is 0 Å². The van der Waals surface area contributed by atoms with Crippen LogP contribution in [0.5, 0.6) is 5.75 Å². The van der Waals surface area contributed by atoms with Crippen molar-refractivity contribution in [1.82, 2.24) is 9.88 Å². The summed E-state index contributed by atoms with van der Waals surface area (Å²) in [4.78, 5) is 19.4. The van der Waals surface area contributed by atoms with Crippen molar-refractivity contribution in [2.24, 2.45) is 0 Å². The molecule has 0 aliphatic carbocycles. The molecule has 0 atom stereocenters. The number of rotatable bonds is 5. The normalized spacial score (nSPS) is 13.3. The molecular formula is C21H21ClIN3O2S. The Kier molecular flexibility index (Phi) is 7.50. The molecule has 0 spiro atoms. The average Bonchev–Trinajstić information content (AvgIpc) is 3.14. The Labute approximate surface area is 194 Å². The third-order valence-corrected chi connectivity index (χ3v) is 6.53. The second-order valence-corrected chi connectivity index (χ2v) is 8.69. The quantitative estimate of drug-likeness (QED) is 0.463. The zero-order valence-electron chi connectivity index (χ0n) is 15.9. The molecule has 1 amide bonds. The topological polar surface area (TPSA) is 54.5 Å². The zero-order chi connectivity index (χ0) is 19.5. The van der Waals surface area contributed by atoms with Crippen molar-refractivity contribution in [3.63, 3.8) is 0 Å². The van der Waals surface area contributed by atoms with Crippen LogP contribution in [0.25, 0.3) is 0 Å². The molecule has 1 aromatic heterocycles. The fourth-order valence-electron chi connectivity index (χ4n) is 3.33. The Morgan fingerprint density at radius 1 is 1.28 bits per heavy atom. The van der Waals surface area contributed by atoms with Crippen LogP contribution < -0.4 is 10.1 Å². The highest BCUT2D eigenvalue weighted by Gasteiger charge is 2.18. The Morgan fingerprint density at radius 2 is 2.10 bits per heavy atom. The highest BCUT2D eigenvalue weighted by molar-refractivity contribution is 14.1. The molecule has 2 heterocycles. The van der Waals surface area contributed by atoms with E-state index in [1.165, 1.54) is 22.5 Å². The fraction of sp³-hybridized carbons (Fsp3) is 0.238. The summed E-state index contributed by atoms with van der Waals surface area (Å²) in [5, 5.41) is 5.58. The maximum absolute atomic E-state index is 12.5. The van der Waals surface area contributed by atoms with E-state index in [0.29, 0.717) is 10.7 Å². The van der Waals surface area contributed by atoms with Crippen molar-refractivity contribution in [2.45, 2.75) is 19.5 Å². The number of nitrogens with one attached hydrogen (secondary N) is 1. The number of aromatic nitrogens is 1. The molecule has 0 unspecified atom stereocenters. The van der Waals surface area contributed by atoms with Gasteiger partial charge in [0.05, 0.1) is 18.4 Å². The minimum absolute atomic E-state index is 0. The van der Waals surface area contributed by atoms with E-state index >= 15 is 0 Å². The fourth-order valence-corrected chi connectivity index (χ4v) is 4.65. The summed E-state index contributed by atoms with van der Waals surface area (Å²) in [6.45, 7) is 2.67. The Hall–Kier alpha value is -1.68. The molecule has 0 saturated carbocycles. The van der Waals surface area contributed by atoms with Crippen molar-refractivity contribution < 1.29 is 9.53 Å². The van der Waals surface area contributed by atoms with Crippen molar-refractivity contribution in [2.75, 3.05) is 19.0 Å². The molecule has 2 aromatic carbocycles. The lowest BCUT2D eigenvalue weighted by Crippen LogP contribution is -2.30. The minimum Gasteiger partial charge on any atom is -0.497 e. The minimum atomic E-state index is -0.119. The first-order valence-corrected chi connectivity index (χ1v) is 11.0. The first kappa shape index (κ1) is 22.0. The predicted octanol–water partition coefficient (Wildman–Crippen LogP) is 4.99. The van der Waals surface area contributed by atoms with Crippen LogP contribution in [-0.2, 0) is 19.5 Å². The second-order valence-electron chi connectivity index (χ2n) is 6.67. The summed E-state index contributed by atoms with van der Waals surface area (Å²) in [6, 6.07) is 13.8. The molecule has 152 valence electrons. The largest absolute Gasteiger partial charge is 0.497 e. The molecule has 5 nitrogen and oxygen atoms in total. The highest BCUT2D eigenvalue weighted by Crippen LogP contribution is 2.26. The number of thiazole rings is 1. The van der Waals surface area contributed by atoms with E-state index in [0.717, 1.165) is 41.1 Å². The summed E-state index contributed by atoms with van der Waals surface area (Å²) in [6.07, 6.45) is 1.01. The summed E-state index contributed by atoms with van der Waals surface area (Å²) >= 11 is 3.64. The number of methoxy groups -OCH3 is 1. The molecule has 3 aromatic rings. The summed E-state index contributed by atoms with van der Waals surface area (Å²) in [5.74, 6) is 0.798. The van der Waals surface area contributed by atoms with Gasteiger partial charge in [-0.1, -0.05) is 18.2 Å². The molecular weight excluding hydrogens is 521 g/mol. The van der Waals surface area contributed by atoms with Gasteiger partial charge >= 0.3 is 0 Å². The first-order chi connectivity index (χ1) is 13.6. The van der Waals surface area contributed by atoms with Gasteiger partial charge in [0.2, 0.25) is 0 Å². The van der Waals surface area contributed by atoms with Crippen LogP contribution in [0.3, 0.4) is 0 Å². The molecule has 29 heavy (non-hydrogen) atoms. The maximum atomic E-state index is 12.5. The van der Waals surface area contributed by atoms with E-state index in [1.54, 1.807) is 7.11 Å². The predicted molar refractivity (Wildman–Crippen MR) is 127 cm³/mol. The molecule has 1 aliphatic rings. The zero-order valence-corrected chi connectivity index (χ0v) is 19.6. The number of amides is 1. The molecule has 1 N–H and O–H groups in total. The van der Waals surface area contributed by atoms with Crippen molar-refractivity contribution in [3.05, 3.63) is 73.8 Å². The van der Waals surface area contributed by atoms with E-state index in [4.69, 9.17) is 4.74 Å². The van der Waals surface area contributed by atoms with E-state index in [-0.39, 0.29) is 18.3 Å². The first-order valence-electron chi connectivity index (χ1n) is 9.01. The smallest absolute Gasteiger partial charge is 0.258 e. The van der Waals surface area contributed by atoms with Crippen LogP contribution in [0.15, 0.2) is 47.8 Å². The van der Waals surface area contributed by atoms with Crippen LogP contribution >= 0.6 is 46.3 Å².